The molecule has 0 aliphatic heterocycles. The van der Waals surface area contributed by atoms with Crippen LogP contribution in [0, 0.1) is 18.3 Å². The Morgan fingerprint density at radius 2 is 2.24 bits per heavy atom. The van der Waals surface area contributed by atoms with Gasteiger partial charge in [-0.2, -0.15) is 5.26 Å². The molecule has 0 saturated heterocycles. The average molecular weight is 240 g/mol. The van der Waals surface area contributed by atoms with E-state index < -0.39 is 13.0 Å². The Bertz CT molecular complexity index is 402. The first-order valence-electron chi connectivity index (χ1n) is 5.24. The zero-order valence-electron chi connectivity index (χ0n) is 9.54. The number of hydrogen-bond acceptors (Lipinski definition) is 3. The van der Waals surface area contributed by atoms with Crippen molar-refractivity contribution in [3.63, 3.8) is 0 Å². The van der Waals surface area contributed by atoms with Gasteiger partial charge in [0.2, 0.25) is 0 Å². The van der Waals surface area contributed by atoms with Crippen molar-refractivity contribution in [3.05, 3.63) is 29.3 Å². The number of halogens is 2. The van der Waals surface area contributed by atoms with Crippen molar-refractivity contribution in [2.75, 3.05) is 25.1 Å². The molecule has 0 heterocycles. The summed E-state index contributed by atoms with van der Waals surface area (Å²) >= 11 is 0. The molecule has 0 fully saturated rings. The van der Waals surface area contributed by atoms with E-state index in [1.165, 1.54) is 0 Å². The van der Waals surface area contributed by atoms with E-state index in [9.17, 15) is 8.78 Å². The summed E-state index contributed by atoms with van der Waals surface area (Å²) < 4.78 is 28.3. The normalized spacial score (nSPS) is 10.3. The number of rotatable bonds is 6. The van der Waals surface area contributed by atoms with Crippen molar-refractivity contribution in [1.82, 2.24) is 0 Å². The highest BCUT2D eigenvalue weighted by atomic mass is 19.3. The molecule has 92 valence electrons. The van der Waals surface area contributed by atoms with Crippen LogP contribution in [-0.2, 0) is 4.74 Å². The summed E-state index contributed by atoms with van der Waals surface area (Å²) in [6.07, 6.45) is -2.44. The van der Waals surface area contributed by atoms with Crippen molar-refractivity contribution in [1.29, 1.82) is 5.26 Å². The topological polar surface area (TPSA) is 45.0 Å². The van der Waals surface area contributed by atoms with Crippen molar-refractivity contribution in [3.8, 4) is 6.07 Å². The summed E-state index contributed by atoms with van der Waals surface area (Å²) in [5, 5.41) is 11.9. The molecule has 0 aliphatic carbocycles. The SMILES string of the molecule is Cc1ccc(C#N)c(NCCOCC(F)F)c1. The fourth-order valence-electron chi connectivity index (χ4n) is 1.33. The molecule has 0 atom stereocenters. The van der Waals surface area contributed by atoms with Crippen LogP contribution in [0.4, 0.5) is 14.5 Å². The van der Waals surface area contributed by atoms with E-state index >= 15 is 0 Å². The second-order valence-corrected chi connectivity index (χ2v) is 3.55. The molecule has 0 spiro atoms. The quantitative estimate of drug-likeness (QED) is 0.777. The van der Waals surface area contributed by atoms with Gasteiger partial charge in [0.15, 0.2) is 0 Å². The maximum atomic E-state index is 11.8. The number of nitriles is 1. The molecule has 1 rings (SSSR count). The monoisotopic (exact) mass is 240 g/mol. The van der Waals surface area contributed by atoms with Crippen molar-refractivity contribution < 1.29 is 13.5 Å². The number of hydrogen-bond donors (Lipinski definition) is 1. The lowest BCUT2D eigenvalue weighted by atomic mass is 10.1. The molecule has 0 amide bonds. The van der Waals surface area contributed by atoms with Crippen LogP contribution >= 0.6 is 0 Å². The summed E-state index contributed by atoms with van der Waals surface area (Å²) in [6, 6.07) is 7.46. The molecule has 0 radical (unpaired) electrons. The Labute approximate surface area is 99.0 Å². The van der Waals surface area contributed by atoms with Gasteiger partial charge in [-0.15, -0.1) is 0 Å². The Kier molecular flexibility index (Phi) is 5.37. The first-order chi connectivity index (χ1) is 8.13. The van der Waals surface area contributed by atoms with Gasteiger partial charge in [-0.25, -0.2) is 8.78 Å². The predicted octanol–water partition coefficient (Wildman–Crippen LogP) is 2.56. The molecule has 5 heteroatoms. The molecular weight excluding hydrogens is 226 g/mol. The highest BCUT2D eigenvalue weighted by Gasteiger charge is 2.03. The smallest absolute Gasteiger partial charge is 0.261 e. The first-order valence-corrected chi connectivity index (χ1v) is 5.24. The number of nitrogens with zero attached hydrogens (tertiary/aromatic N) is 1. The van der Waals surface area contributed by atoms with Gasteiger partial charge >= 0.3 is 0 Å². The first kappa shape index (κ1) is 13.4. The lowest BCUT2D eigenvalue weighted by Crippen LogP contribution is -2.13. The van der Waals surface area contributed by atoms with Gasteiger partial charge in [-0.3, -0.25) is 0 Å². The Hall–Kier alpha value is -1.67. The van der Waals surface area contributed by atoms with E-state index in [0.29, 0.717) is 17.8 Å². The molecule has 0 bridgehead atoms. The second kappa shape index (κ2) is 6.81. The van der Waals surface area contributed by atoms with Gasteiger partial charge < -0.3 is 10.1 Å². The fraction of sp³-hybridized carbons (Fsp3) is 0.417. The van der Waals surface area contributed by atoms with E-state index in [4.69, 9.17) is 10.00 Å². The Morgan fingerprint density at radius 1 is 1.47 bits per heavy atom. The number of benzene rings is 1. The summed E-state index contributed by atoms with van der Waals surface area (Å²) in [4.78, 5) is 0. The lowest BCUT2D eigenvalue weighted by Gasteiger charge is -2.09. The average Bonchev–Trinajstić information content (AvgIpc) is 2.28. The van der Waals surface area contributed by atoms with Gasteiger partial charge in [0.25, 0.3) is 6.43 Å². The Morgan fingerprint density at radius 3 is 2.88 bits per heavy atom. The summed E-state index contributed by atoms with van der Waals surface area (Å²) in [5.74, 6) is 0. The number of aryl methyl sites for hydroxylation is 1. The van der Waals surface area contributed by atoms with Crippen LogP contribution in [0.15, 0.2) is 18.2 Å². The number of ether oxygens (including phenoxy) is 1. The van der Waals surface area contributed by atoms with Crippen molar-refractivity contribution >= 4 is 5.69 Å². The Balaban J connectivity index is 2.41. The largest absolute Gasteiger partial charge is 0.382 e. The van der Waals surface area contributed by atoms with Crippen LogP contribution in [0.25, 0.3) is 0 Å². The van der Waals surface area contributed by atoms with Crippen LogP contribution in [0.2, 0.25) is 0 Å². The van der Waals surface area contributed by atoms with Crippen LogP contribution in [-0.4, -0.2) is 26.2 Å². The van der Waals surface area contributed by atoms with Gasteiger partial charge in [0.05, 0.1) is 17.9 Å². The van der Waals surface area contributed by atoms with E-state index in [-0.39, 0.29) is 6.61 Å². The minimum atomic E-state index is -2.44. The van der Waals surface area contributed by atoms with Crippen molar-refractivity contribution in [2.45, 2.75) is 13.3 Å². The van der Waals surface area contributed by atoms with Crippen LogP contribution in [0.1, 0.15) is 11.1 Å². The minimum absolute atomic E-state index is 0.184. The summed E-state index contributed by atoms with van der Waals surface area (Å²) in [6.45, 7) is 1.94. The molecule has 1 aromatic rings. The zero-order valence-corrected chi connectivity index (χ0v) is 9.54. The molecule has 0 aliphatic rings. The number of alkyl halides is 2. The number of nitrogens with one attached hydrogen (secondary N) is 1. The van der Waals surface area contributed by atoms with Gasteiger partial charge in [-0.1, -0.05) is 6.07 Å². The van der Waals surface area contributed by atoms with E-state index in [1.54, 1.807) is 6.07 Å². The zero-order chi connectivity index (χ0) is 12.7. The molecule has 1 aromatic carbocycles. The highest BCUT2D eigenvalue weighted by Crippen LogP contribution is 2.16. The molecule has 0 saturated carbocycles. The molecule has 0 aromatic heterocycles. The third-order valence-corrected chi connectivity index (χ3v) is 2.10. The van der Waals surface area contributed by atoms with E-state index in [0.717, 1.165) is 5.56 Å². The lowest BCUT2D eigenvalue weighted by molar-refractivity contribution is 0.0215. The van der Waals surface area contributed by atoms with Crippen LogP contribution in [0.3, 0.4) is 0 Å². The molecule has 3 nitrogen and oxygen atoms in total. The predicted molar refractivity (Wildman–Crippen MR) is 61.2 cm³/mol. The summed E-state index contributed by atoms with van der Waals surface area (Å²) in [7, 11) is 0. The van der Waals surface area contributed by atoms with Gasteiger partial charge in [0, 0.05) is 6.54 Å². The van der Waals surface area contributed by atoms with Crippen LogP contribution < -0.4 is 5.32 Å². The molecule has 1 N–H and O–H groups in total. The van der Waals surface area contributed by atoms with Crippen LogP contribution in [0.5, 0.6) is 0 Å². The third-order valence-electron chi connectivity index (χ3n) is 2.10. The van der Waals surface area contributed by atoms with Gasteiger partial charge in [-0.05, 0) is 24.6 Å². The van der Waals surface area contributed by atoms with Gasteiger partial charge in [0.1, 0.15) is 12.7 Å². The maximum Gasteiger partial charge on any atom is 0.261 e. The fourth-order valence-corrected chi connectivity index (χ4v) is 1.33. The highest BCUT2D eigenvalue weighted by molar-refractivity contribution is 5.58. The number of anilines is 1. The second-order valence-electron chi connectivity index (χ2n) is 3.55. The molecule has 17 heavy (non-hydrogen) atoms. The summed E-state index contributed by atoms with van der Waals surface area (Å²) in [5.41, 5.74) is 2.26. The van der Waals surface area contributed by atoms with E-state index in [2.05, 4.69) is 11.4 Å². The molecule has 0 unspecified atom stereocenters. The third kappa shape index (κ3) is 4.79. The minimum Gasteiger partial charge on any atom is -0.382 e. The standard InChI is InChI=1S/C12H14F2N2O/c1-9-2-3-10(7-15)11(6-9)16-4-5-17-8-12(13)14/h2-3,6,12,16H,4-5,8H2,1H3. The van der Waals surface area contributed by atoms with E-state index in [1.807, 2.05) is 19.1 Å². The molecular formula is C12H14F2N2O. The maximum absolute atomic E-state index is 11.8. The van der Waals surface area contributed by atoms with Crippen molar-refractivity contribution in [2.24, 2.45) is 0 Å².